The summed E-state index contributed by atoms with van der Waals surface area (Å²) in [6, 6.07) is 5.50. The minimum absolute atomic E-state index is 0.103. The van der Waals surface area contributed by atoms with Crippen molar-refractivity contribution in [2.75, 3.05) is 26.8 Å². The van der Waals surface area contributed by atoms with Crippen molar-refractivity contribution in [3.05, 3.63) is 41.3 Å². The number of hydrogen-bond donors (Lipinski definition) is 2. The maximum Gasteiger partial charge on any atom is 0.244 e. The third kappa shape index (κ3) is 4.80. The fraction of sp³-hybridized carbons (Fsp3) is 0.267. The van der Waals surface area contributed by atoms with E-state index in [-0.39, 0.29) is 12.5 Å². The Morgan fingerprint density at radius 3 is 3.00 bits per heavy atom. The summed E-state index contributed by atoms with van der Waals surface area (Å²) in [5.41, 5.74) is 1.29. The number of carbonyl (C=O) groups excluding carboxylic acids is 2. The number of halogens is 1. The van der Waals surface area contributed by atoms with Gasteiger partial charge >= 0.3 is 0 Å². The first-order valence-electron chi connectivity index (χ1n) is 6.96. The number of carbonyl (C=O) groups is 2. The molecule has 0 aliphatic heterocycles. The highest BCUT2D eigenvalue weighted by Gasteiger charge is 2.07. The van der Waals surface area contributed by atoms with Gasteiger partial charge in [0.05, 0.1) is 18.8 Å². The summed E-state index contributed by atoms with van der Waals surface area (Å²) in [6.45, 7) is 0.721. The molecule has 2 aromatic heterocycles. The van der Waals surface area contributed by atoms with E-state index in [1.807, 2.05) is 18.2 Å². The maximum absolute atomic E-state index is 11.7. The van der Waals surface area contributed by atoms with Crippen LogP contribution in [0.15, 0.2) is 30.5 Å². The van der Waals surface area contributed by atoms with Gasteiger partial charge in [-0.25, -0.2) is 4.98 Å². The van der Waals surface area contributed by atoms with E-state index in [1.54, 1.807) is 23.8 Å². The molecule has 2 amide bonds. The van der Waals surface area contributed by atoms with Gasteiger partial charge in [0.1, 0.15) is 5.65 Å². The predicted octanol–water partition coefficient (Wildman–Crippen LogP) is 0.880. The molecule has 0 aliphatic rings. The number of ether oxygens (including phenoxy) is 1. The van der Waals surface area contributed by atoms with Crippen LogP contribution >= 0.6 is 11.6 Å². The molecule has 122 valence electrons. The lowest BCUT2D eigenvalue weighted by molar-refractivity contribution is -0.124. The zero-order chi connectivity index (χ0) is 16.7. The summed E-state index contributed by atoms with van der Waals surface area (Å²) in [5.74, 6) is -0.675. The summed E-state index contributed by atoms with van der Waals surface area (Å²) < 4.78 is 6.58. The summed E-state index contributed by atoms with van der Waals surface area (Å²) in [5, 5.41) is 5.40. The molecule has 23 heavy (non-hydrogen) atoms. The Labute approximate surface area is 138 Å². The van der Waals surface area contributed by atoms with E-state index in [0.29, 0.717) is 29.6 Å². The Balaban J connectivity index is 1.90. The Morgan fingerprint density at radius 1 is 1.39 bits per heavy atom. The van der Waals surface area contributed by atoms with Crippen LogP contribution in [0.3, 0.4) is 0 Å². The second-order valence-electron chi connectivity index (χ2n) is 4.61. The van der Waals surface area contributed by atoms with Crippen molar-refractivity contribution >= 4 is 35.1 Å². The molecule has 0 aliphatic carbocycles. The van der Waals surface area contributed by atoms with Crippen LogP contribution in [0.1, 0.15) is 5.69 Å². The number of fused-ring (bicyclic) bond motifs is 1. The zero-order valence-corrected chi connectivity index (χ0v) is 13.3. The number of amides is 2. The average molecular weight is 337 g/mol. The summed E-state index contributed by atoms with van der Waals surface area (Å²) in [4.78, 5) is 27.4. The quantitative estimate of drug-likeness (QED) is 0.580. The van der Waals surface area contributed by atoms with Gasteiger partial charge in [-0.15, -0.1) is 0 Å². The minimum Gasteiger partial charge on any atom is -0.383 e. The lowest BCUT2D eigenvalue weighted by Gasteiger charge is -2.04. The Kier molecular flexibility index (Phi) is 6.13. The van der Waals surface area contributed by atoms with Crippen LogP contribution in [0.4, 0.5) is 0 Å². The molecular formula is C15H17ClN4O3. The molecule has 0 aromatic carbocycles. The van der Waals surface area contributed by atoms with E-state index in [2.05, 4.69) is 15.6 Å². The number of pyridine rings is 1. The number of aromatic nitrogens is 2. The summed E-state index contributed by atoms with van der Waals surface area (Å²) in [7, 11) is 1.55. The molecule has 2 heterocycles. The second-order valence-corrected chi connectivity index (χ2v) is 4.97. The van der Waals surface area contributed by atoms with Crippen LogP contribution in [-0.2, 0) is 14.3 Å². The van der Waals surface area contributed by atoms with Crippen molar-refractivity contribution in [3.63, 3.8) is 0 Å². The molecule has 0 bridgehead atoms. The largest absolute Gasteiger partial charge is 0.383 e. The molecular weight excluding hydrogens is 320 g/mol. The van der Waals surface area contributed by atoms with Gasteiger partial charge in [0.2, 0.25) is 11.8 Å². The summed E-state index contributed by atoms with van der Waals surface area (Å²) >= 11 is 6.06. The molecule has 0 radical (unpaired) electrons. The molecule has 8 heteroatoms. The fourth-order valence-corrected chi connectivity index (χ4v) is 2.11. The van der Waals surface area contributed by atoms with Gasteiger partial charge in [0, 0.05) is 25.9 Å². The smallest absolute Gasteiger partial charge is 0.244 e. The van der Waals surface area contributed by atoms with Gasteiger partial charge < -0.3 is 15.4 Å². The minimum atomic E-state index is -0.395. The molecule has 0 fully saturated rings. The van der Waals surface area contributed by atoms with Crippen LogP contribution < -0.4 is 10.6 Å². The molecule has 0 saturated carbocycles. The molecule has 0 saturated heterocycles. The van der Waals surface area contributed by atoms with E-state index >= 15 is 0 Å². The standard InChI is InChI=1S/C15H17ClN4O3/c1-23-9-7-17-14(22)10-18-13(21)6-5-11-15(16)19-12-4-2-3-8-20(11)12/h2-6,8H,7,9-10H2,1H3,(H,17,22)(H,18,21)/b6-5+. The summed E-state index contributed by atoms with van der Waals surface area (Å²) in [6.07, 6.45) is 4.67. The molecule has 2 rings (SSSR count). The van der Waals surface area contributed by atoms with Crippen LogP contribution in [-0.4, -0.2) is 48.0 Å². The number of imidazole rings is 1. The zero-order valence-electron chi connectivity index (χ0n) is 12.6. The first-order chi connectivity index (χ1) is 11.1. The van der Waals surface area contributed by atoms with Gasteiger partial charge in [-0.05, 0) is 18.2 Å². The van der Waals surface area contributed by atoms with Gasteiger partial charge in [-0.3, -0.25) is 14.0 Å². The van der Waals surface area contributed by atoms with Crippen LogP contribution in [0.25, 0.3) is 11.7 Å². The van der Waals surface area contributed by atoms with Crippen molar-refractivity contribution in [1.82, 2.24) is 20.0 Å². The van der Waals surface area contributed by atoms with E-state index in [9.17, 15) is 9.59 Å². The first kappa shape index (κ1) is 17.0. The molecule has 0 unspecified atom stereocenters. The first-order valence-corrected chi connectivity index (χ1v) is 7.33. The number of hydrogen-bond acceptors (Lipinski definition) is 4. The highest BCUT2D eigenvalue weighted by atomic mass is 35.5. The van der Waals surface area contributed by atoms with Gasteiger partial charge in [0.25, 0.3) is 0 Å². The van der Waals surface area contributed by atoms with Crippen LogP contribution in [0.5, 0.6) is 0 Å². The van der Waals surface area contributed by atoms with Gasteiger partial charge in [-0.2, -0.15) is 0 Å². The van der Waals surface area contributed by atoms with Crippen LogP contribution in [0, 0.1) is 0 Å². The third-order valence-corrected chi connectivity index (χ3v) is 3.24. The Hall–Kier alpha value is -2.38. The van der Waals surface area contributed by atoms with E-state index in [4.69, 9.17) is 16.3 Å². The number of nitrogens with zero attached hydrogens (tertiary/aromatic N) is 2. The molecule has 0 spiro atoms. The van der Waals surface area contributed by atoms with Crippen molar-refractivity contribution in [2.24, 2.45) is 0 Å². The second kappa shape index (κ2) is 8.30. The topological polar surface area (TPSA) is 84.7 Å². The SMILES string of the molecule is COCCNC(=O)CNC(=O)/C=C/c1c(Cl)nc2ccccn12. The number of rotatable bonds is 7. The van der Waals surface area contributed by atoms with Crippen molar-refractivity contribution < 1.29 is 14.3 Å². The molecule has 2 aromatic rings. The number of nitrogens with one attached hydrogen (secondary N) is 2. The fourth-order valence-electron chi connectivity index (χ4n) is 1.87. The van der Waals surface area contributed by atoms with Crippen molar-refractivity contribution in [2.45, 2.75) is 0 Å². The molecule has 0 atom stereocenters. The van der Waals surface area contributed by atoms with E-state index in [0.717, 1.165) is 0 Å². The predicted molar refractivity (Wildman–Crippen MR) is 87.1 cm³/mol. The third-order valence-electron chi connectivity index (χ3n) is 2.97. The maximum atomic E-state index is 11.7. The van der Waals surface area contributed by atoms with Gasteiger partial charge in [0.15, 0.2) is 5.15 Å². The van der Waals surface area contributed by atoms with E-state index < -0.39 is 5.91 Å². The van der Waals surface area contributed by atoms with E-state index in [1.165, 1.54) is 6.08 Å². The van der Waals surface area contributed by atoms with Gasteiger partial charge in [-0.1, -0.05) is 17.7 Å². The monoisotopic (exact) mass is 336 g/mol. The highest BCUT2D eigenvalue weighted by Crippen LogP contribution is 2.18. The Bertz CT molecular complexity index is 727. The van der Waals surface area contributed by atoms with Crippen molar-refractivity contribution in [1.29, 1.82) is 0 Å². The highest BCUT2D eigenvalue weighted by molar-refractivity contribution is 6.31. The lowest BCUT2D eigenvalue weighted by atomic mass is 10.3. The van der Waals surface area contributed by atoms with Crippen molar-refractivity contribution in [3.8, 4) is 0 Å². The van der Waals surface area contributed by atoms with Crippen LogP contribution in [0.2, 0.25) is 5.15 Å². The average Bonchev–Trinajstić information content (AvgIpc) is 2.86. The Morgan fingerprint density at radius 2 is 2.22 bits per heavy atom. The number of methoxy groups -OCH3 is 1. The molecule has 2 N–H and O–H groups in total. The normalized spacial score (nSPS) is 11.0. The molecule has 7 nitrogen and oxygen atoms in total. The lowest BCUT2D eigenvalue weighted by Crippen LogP contribution is -2.37.